The van der Waals surface area contributed by atoms with Crippen LogP contribution in [-0.4, -0.2) is 48.7 Å². The Balaban J connectivity index is 1.76. The first-order valence-corrected chi connectivity index (χ1v) is 4.97. The molecule has 0 aliphatic carbocycles. The lowest BCUT2D eigenvalue weighted by Crippen LogP contribution is -2.46. The molecule has 2 rings (SSSR count). The zero-order valence-electron chi connectivity index (χ0n) is 8.40. The van der Waals surface area contributed by atoms with Gasteiger partial charge in [-0.3, -0.25) is 9.69 Å². The summed E-state index contributed by atoms with van der Waals surface area (Å²) in [5.74, 6) is -0.0277. The van der Waals surface area contributed by atoms with E-state index >= 15 is 0 Å². The molecular weight excluding hydrogens is 196 g/mol. The Morgan fingerprint density at radius 1 is 1.60 bits per heavy atom. The number of anilines is 1. The molecule has 1 aliphatic heterocycles. The first-order valence-electron chi connectivity index (χ1n) is 4.97. The molecule has 0 atom stereocenters. The molecule has 0 saturated carbocycles. The number of carbonyl (C=O) groups excluding carboxylic acids is 1. The van der Waals surface area contributed by atoms with Crippen molar-refractivity contribution < 1.29 is 9.32 Å². The second-order valence-corrected chi connectivity index (χ2v) is 3.49. The van der Waals surface area contributed by atoms with Crippen LogP contribution in [-0.2, 0) is 4.79 Å². The molecule has 6 heteroatoms. The molecular formula is C9H14N4O2. The number of carbonyl (C=O) groups is 1. The van der Waals surface area contributed by atoms with Crippen LogP contribution in [0, 0.1) is 0 Å². The summed E-state index contributed by atoms with van der Waals surface area (Å²) in [7, 11) is 0. The maximum Gasteiger partial charge on any atom is 0.238 e. The van der Waals surface area contributed by atoms with Crippen LogP contribution in [0.1, 0.15) is 0 Å². The molecule has 0 spiro atoms. The van der Waals surface area contributed by atoms with E-state index in [1.165, 1.54) is 12.5 Å². The molecule has 6 nitrogen and oxygen atoms in total. The predicted octanol–water partition coefficient (Wildman–Crippen LogP) is -0.482. The van der Waals surface area contributed by atoms with Gasteiger partial charge in [-0.1, -0.05) is 5.16 Å². The van der Waals surface area contributed by atoms with E-state index < -0.39 is 0 Å². The first-order chi connectivity index (χ1) is 7.34. The lowest BCUT2D eigenvalue weighted by atomic mass is 10.3. The summed E-state index contributed by atoms with van der Waals surface area (Å²) < 4.78 is 4.62. The Hall–Kier alpha value is -1.40. The quantitative estimate of drug-likeness (QED) is 0.705. The summed E-state index contributed by atoms with van der Waals surface area (Å²) in [6.45, 7) is 4.14. The summed E-state index contributed by atoms with van der Waals surface area (Å²) in [4.78, 5) is 13.6. The number of hydrogen-bond donors (Lipinski definition) is 2. The molecule has 15 heavy (non-hydrogen) atoms. The average molecular weight is 210 g/mol. The standard InChI is InChI=1S/C9H14N4O2/c14-9(12-8-5-11-15-7-8)6-13-3-1-10-2-4-13/h5,7,10H,1-4,6H2,(H,12,14). The third-order valence-corrected chi connectivity index (χ3v) is 2.29. The Labute approximate surface area is 87.6 Å². The van der Waals surface area contributed by atoms with Crippen LogP contribution in [0.15, 0.2) is 17.0 Å². The third-order valence-electron chi connectivity index (χ3n) is 2.29. The van der Waals surface area contributed by atoms with Gasteiger partial charge in [0.15, 0.2) is 0 Å². The van der Waals surface area contributed by atoms with E-state index in [-0.39, 0.29) is 5.91 Å². The number of rotatable bonds is 3. The highest BCUT2D eigenvalue weighted by Crippen LogP contribution is 2.03. The van der Waals surface area contributed by atoms with Crippen LogP contribution < -0.4 is 10.6 Å². The van der Waals surface area contributed by atoms with Crippen molar-refractivity contribution in [3.63, 3.8) is 0 Å². The molecule has 1 saturated heterocycles. The van der Waals surface area contributed by atoms with Gasteiger partial charge in [0.25, 0.3) is 0 Å². The average Bonchev–Trinajstić information content (AvgIpc) is 2.71. The maximum absolute atomic E-state index is 11.5. The third kappa shape index (κ3) is 3.03. The van der Waals surface area contributed by atoms with E-state index in [0.717, 1.165) is 26.2 Å². The maximum atomic E-state index is 11.5. The van der Waals surface area contributed by atoms with Crippen LogP contribution in [0.25, 0.3) is 0 Å². The molecule has 2 N–H and O–H groups in total. The fourth-order valence-corrected chi connectivity index (χ4v) is 1.54. The molecule has 0 unspecified atom stereocenters. The molecule has 0 radical (unpaired) electrons. The smallest absolute Gasteiger partial charge is 0.238 e. The van der Waals surface area contributed by atoms with E-state index in [4.69, 9.17) is 0 Å². The largest absolute Gasteiger partial charge is 0.363 e. The van der Waals surface area contributed by atoms with Crippen molar-refractivity contribution in [2.75, 3.05) is 38.0 Å². The van der Waals surface area contributed by atoms with Crippen LogP contribution in [0.5, 0.6) is 0 Å². The van der Waals surface area contributed by atoms with E-state index in [9.17, 15) is 4.79 Å². The summed E-state index contributed by atoms with van der Waals surface area (Å²) in [5.41, 5.74) is 0.607. The minimum Gasteiger partial charge on any atom is -0.363 e. The van der Waals surface area contributed by atoms with Crippen molar-refractivity contribution in [2.45, 2.75) is 0 Å². The van der Waals surface area contributed by atoms with E-state index in [2.05, 4.69) is 25.2 Å². The number of nitrogens with zero attached hydrogens (tertiary/aromatic N) is 2. The molecule has 1 aromatic rings. The van der Waals surface area contributed by atoms with Crippen LogP contribution in [0.4, 0.5) is 5.69 Å². The number of hydrogen-bond acceptors (Lipinski definition) is 5. The van der Waals surface area contributed by atoms with Crippen molar-refractivity contribution in [1.82, 2.24) is 15.4 Å². The van der Waals surface area contributed by atoms with Gasteiger partial charge in [-0.05, 0) is 0 Å². The van der Waals surface area contributed by atoms with Gasteiger partial charge in [0.05, 0.1) is 12.7 Å². The minimum absolute atomic E-state index is 0.0277. The van der Waals surface area contributed by atoms with Gasteiger partial charge < -0.3 is 15.2 Å². The van der Waals surface area contributed by atoms with Gasteiger partial charge in [0.1, 0.15) is 12.0 Å². The SMILES string of the molecule is O=C(CN1CCNCC1)Nc1cnoc1. The second-order valence-electron chi connectivity index (χ2n) is 3.49. The van der Waals surface area contributed by atoms with Gasteiger partial charge in [-0.15, -0.1) is 0 Å². The number of piperazine rings is 1. The van der Waals surface area contributed by atoms with E-state index in [0.29, 0.717) is 12.2 Å². The van der Waals surface area contributed by atoms with Gasteiger partial charge in [-0.2, -0.15) is 0 Å². The normalized spacial score (nSPS) is 17.6. The number of amides is 1. The number of nitrogens with one attached hydrogen (secondary N) is 2. The first kappa shape index (κ1) is 10.1. The second kappa shape index (κ2) is 4.90. The lowest BCUT2D eigenvalue weighted by molar-refractivity contribution is -0.117. The van der Waals surface area contributed by atoms with Gasteiger partial charge in [0, 0.05) is 26.2 Å². The highest BCUT2D eigenvalue weighted by Gasteiger charge is 2.13. The molecule has 1 aliphatic rings. The van der Waals surface area contributed by atoms with E-state index in [1.54, 1.807) is 0 Å². The fraction of sp³-hybridized carbons (Fsp3) is 0.556. The molecule has 2 heterocycles. The topological polar surface area (TPSA) is 70.4 Å². The molecule has 1 fully saturated rings. The van der Waals surface area contributed by atoms with Crippen molar-refractivity contribution in [3.05, 3.63) is 12.5 Å². The van der Waals surface area contributed by atoms with Gasteiger partial charge in [0.2, 0.25) is 5.91 Å². The van der Waals surface area contributed by atoms with Crippen molar-refractivity contribution in [2.24, 2.45) is 0 Å². The van der Waals surface area contributed by atoms with Crippen molar-refractivity contribution in [3.8, 4) is 0 Å². The molecule has 0 bridgehead atoms. The van der Waals surface area contributed by atoms with Crippen LogP contribution >= 0.6 is 0 Å². The molecule has 1 amide bonds. The predicted molar refractivity (Wildman–Crippen MR) is 54.4 cm³/mol. The monoisotopic (exact) mass is 210 g/mol. The Morgan fingerprint density at radius 2 is 2.40 bits per heavy atom. The Morgan fingerprint density at radius 3 is 3.07 bits per heavy atom. The fourth-order valence-electron chi connectivity index (χ4n) is 1.54. The summed E-state index contributed by atoms with van der Waals surface area (Å²) in [5, 5.41) is 9.46. The Bertz CT molecular complexity index is 306. The zero-order valence-corrected chi connectivity index (χ0v) is 8.40. The molecule has 82 valence electrons. The highest BCUT2D eigenvalue weighted by molar-refractivity contribution is 5.91. The Kier molecular flexibility index (Phi) is 3.31. The van der Waals surface area contributed by atoms with Crippen molar-refractivity contribution >= 4 is 11.6 Å². The lowest BCUT2D eigenvalue weighted by Gasteiger charge is -2.26. The summed E-state index contributed by atoms with van der Waals surface area (Å²) in [6.07, 6.45) is 2.89. The summed E-state index contributed by atoms with van der Waals surface area (Å²) >= 11 is 0. The molecule has 1 aromatic heterocycles. The van der Waals surface area contributed by atoms with Crippen molar-refractivity contribution in [1.29, 1.82) is 0 Å². The van der Waals surface area contributed by atoms with Crippen LogP contribution in [0.3, 0.4) is 0 Å². The van der Waals surface area contributed by atoms with Gasteiger partial charge >= 0.3 is 0 Å². The van der Waals surface area contributed by atoms with E-state index in [1.807, 2.05) is 0 Å². The van der Waals surface area contributed by atoms with Gasteiger partial charge in [-0.25, -0.2) is 0 Å². The zero-order chi connectivity index (χ0) is 10.5. The molecule has 0 aromatic carbocycles. The summed E-state index contributed by atoms with van der Waals surface area (Å²) in [6, 6.07) is 0. The van der Waals surface area contributed by atoms with Crippen LogP contribution in [0.2, 0.25) is 0 Å². The highest BCUT2D eigenvalue weighted by atomic mass is 16.5. The number of aromatic nitrogens is 1. The minimum atomic E-state index is -0.0277.